The van der Waals surface area contributed by atoms with Crippen LogP contribution >= 0.6 is 0 Å². The van der Waals surface area contributed by atoms with Crippen molar-refractivity contribution in [1.82, 2.24) is 0 Å². The van der Waals surface area contributed by atoms with E-state index in [9.17, 15) is 4.79 Å². The van der Waals surface area contributed by atoms with E-state index in [1.54, 1.807) is 12.1 Å². The number of hydrogen-bond donors (Lipinski definition) is 2. The Morgan fingerprint density at radius 2 is 1.86 bits per heavy atom. The molecule has 0 spiro atoms. The zero-order chi connectivity index (χ0) is 14.9. The normalized spacial score (nSPS) is 23.6. The van der Waals surface area contributed by atoms with Gasteiger partial charge in [-0.1, -0.05) is 37.3 Å². The standard InChI is InChI=1S/C18H20N2O/c1-2-18(19)12-16(18)13-8-10-15(11-9-13)20-17(21)14-6-4-3-5-7-14/h3-11,16H,2,12,19H2,1H3,(H,20,21)/t16-,18+/m1/s1. The number of rotatable bonds is 4. The van der Waals surface area contributed by atoms with Crippen LogP contribution in [0.5, 0.6) is 0 Å². The number of anilines is 1. The van der Waals surface area contributed by atoms with Crippen LogP contribution in [-0.2, 0) is 0 Å². The first-order chi connectivity index (χ1) is 10.1. The molecule has 108 valence electrons. The first kappa shape index (κ1) is 13.8. The van der Waals surface area contributed by atoms with Gasteiger partial charge in [0.1, 0.15) is 0 Å². The maximum Gasteiger partial charge on any atom is 0.255 e. The Kier molecular flexibility index (Phi) is 3.52. The molecule has 2 aromatic rings. The highest BCUT2D eigenvalue weighted by Gasteiger charge is 2.49. The molecule has 3 heteroatoms. The van der Waals surface area contributed by atoms with Crippen LogP contribution in [0.2, 0.25) is 0 Å². The lowest BCUT2D eigenvalue weighted by atomic mass is 10.0. The van der Waals surface area contributed by atoms with Crippen molar-refractivity contribution >= 4 is 11.6 Å². The molecule has 0 radical (unpaired) electrons. The zero-order valence-electron chi connectivity index (χ0n) is 12.2. The molecule has 0 bridgehead atoms. The Morgan fingerprint density at radius 1 is 1.19 bits per heavy atom. The third-order valence-electron chi connectivity index (χ3n) is 4.38. The molecule has 1 aliphatic carbocycles. The largest absolute Gasteiger partial charge is 0.325 e. The highest BCUT2D eigenvalue weighted by atomic mass is 16.1. The number of nitrogens with one attached hydrogen (secondary N) is 1. The van der Waals surface area contributed by atoms with Crippen LogP contribution in [0.1, 0.15) is 41.6 Å². The molecule has 0 aromatic heterocycles. The average Bonchev–Trinajstić information content (AvgIpc) is 3.21. The smallest absolute Gasteiger partial charge is 0.255 e. The van der Waals surface area contributed by atoms with Gasteiger partial charge in [-0.05, 0) is 42.7 Å². The molecule has 3 rings (SSSR count). The summed E-state index contributed by atoms with van der Waals surface area (Å²) in [7, 11) is 0. The minimum atomic E-state index is -0.0866. The van der Waals surface area contributed by atoms with Crippen LogP contribution in [-0.4, -0.2) is 11.4 Å². The Balaban J connectivity index is 1.67. The predicted octanol–water partition coefficient (Wildman–Crippen LogP) is 3.53. The van der Waals surface area contributed by atoms with E-state index < -0.39 is 0 Å². The van der Waals surface area contributed by atoms with E-state index in [0.717, 1.165) is 18.5 Å². The molecule has 0 unspecified atom stereocenters. The van der Waals surface area contributed by atoms with Crippen LogP contribution in [0, 0.1) is 0 Å². The van der Waals surface area contributed by atoms with Crippen LogP contribution in [0.4, 0.5) is 5.69 Å². The van der Waals surface area contributed by atoms with Gasteiger partial charge in [0.05, 0.1) is 0 Å². The third kappa shape index (κ3) is 2.83. The van der Waals surface area contributed by atoms with Crippen molar-refractivity contribution in [3.8, 4) is 0 Å². The second-order valence-electron chi connectivity index (χ2n) is 5.79. The number of nitrogens with two attached hydrogens (primary N) is 1. The molecule has 1 saturated carbocycles. The maximum absolute atomic E-state index is 12.1. The van der Waals surface area contributed by atoms with E-state index in [0.29, 0.717) is 11.5 Å². The molecule has 0 saturated heterocycles. The number of carbonyl (C=O) groups excluding carboxylic acids is 1. The van der Waals surface area contributed by atoms with Gasteiger partial charge in [0.25, 0.3) is 5.91 Å². The monoisotopic (exact) mass is 280 g/mol. The van der Waals surface area contributed by atoms with E-state index in [1.807, 2.05) is 30.3 Å². The van der Waals surface area contributed by atoms with E-state index in [1.165, 1.54) is 5.56 Å². The lowest BCUT2D eigenvalue weighted by Crippen LogP contribution is -2.22. The molecule has 21 heavy (non-hydrogen) atoms. The van der Waals surface area contributed by atoms with Crippen molar-refractivity contribution in [3.63, 3.8) is 0 Å². The summed E-state index contributed by atoms with van der Waals surface area (Å²) in [6, 6.07) is 17.2. The summed E-state index contributed by atoms with van der Waals surface area (Å²) in [6.07, 6.45) is 2.06. The second-order valence-corrected chi connectivity index (χ2v) is 5.79. The average molecular weight is 280 g/mol. The Bertz CT molecular complexity index is 636. The van der Waals surface area contributed by atoms with Gasteiger partial charge < -0.3 is 11.1 Å². The summed E-state index contributed by atoms with van der Waals surface area (Å²) in [5.41, 5.74) is 8.96. The fraction of sp³-hybridized carbons (Fsp3) is 0.278. The highest BCUT2D eigenvalue weighted by Crippen LogP contribution is 2.51. The summed E-state index contributed by atoms with van der Waals surface area (Å²) in [5, 5.41) is 2.91. The highest BCUT2D eigenvalue weighted by molar-refractivity contribution is 6.04. The van der Waals surface area contributed by atoms with Gasteiger partial charge >= 0.3 is 0 Å². The van der Waals surface area contributed by atoms with Crippen molar-refractivity contribution in [2.45, 2.75) is 31.2 Å². The number of carbonyl (C=O) groups is 1. The number of hydrogen-bond acceptors (Lipinski definition) is 2. The molecular formula is C18H20N2O. The first-order valence-corrected chi connectivity index (χ1v) is 7.37. The quantitative estimate of drug-likeness (QED) is 0.900. The fourth-order valence-corrected chi connectivity index (χ4v) is 2.75. The second kappa shape index (κ2) is 5.34. The zero-order valence-corrected chi connectivity index (χ0v) is 12.2. The summed E-state index contributed by atoms with van der Waals surface area (Å²) in [6.45, 7) is 2.13. The topological polar surface area (TPSA) is 55.1 Å². The minimum absolute atomic E-state index is 0.0190. The summed E-state index contributed by atoms with van der Waals surface area (Å²) < 4.78 is 0. The first-order valence-electron chi connectivity index (χ1n) is 7.37. The van der Waals surface area contributed by atoms with Crippen LogP contribution in [0.3, 0.4) is 0 Å². The van der Waals surface area contributed by atoms with Crippen LogP contribution in [0.15, 0.2) is 54.6 Å². The van der Waals surface area contributed by atoms with Crippen molar-refractivity contribution in [1.29, 1.82) is 0 Å². The molecule has 0 heterocycles. The SMILES string of the molecule is CC[C@]1(N)C[C@@H]1c1ccc(NC(=O)c2ccccc2)cc1. The molecule has 1 fully saturated rings. The van der Waals surface area contributed by atoms with Crippen molar-refractivity contribution < 1.29 is 4.79 Å². The van der Waals surface area contributed by atoms with E-state index in [4.69, 9.17) is 5.73 Å². The number of amides is 1. The molecule has 2 atom stereocenters. The van der Waals surface area contributed by atoms with Gasteiger partial charge in [0, 0.05) is 22.7 Å². The van der Waals surface area contributed by atoms with Gasteiger partial charge in [-0.25, -0.2) is 0 Å². The van der Waals surface area contributed by atoms with Gasteiger partial charge in [0.15, 0.2) is 0 Å². The third-order valence-corrected chi connectivity index (χ3v) is 4.38. The van der Waals surface area contributed by atoms with Gasteiger partial charge in [-0.15, -0.1) is 0 Å². The van der Waals surface area contributed by atoms with Gasteiger partial charge in [0.2, 0.25) is 0 Å². The van der Waals surface area contributed by atoms with Gasteiger partial charge in [-0.2, -0.15) is 0 Å². The predicted molar refractivity (Wildman–Crippen MR) is 85.4 cm³/mol. The lowest BCUT2D eigenvalue weighted by molar-refractivity contribution is 0.102. The fourth-order valence-electron chi connectivity index (χ4n) is 2.75. The molecule has 3 nitrogen and oxygen atoms in total. The minimum Gasteiger partial charge on any atom is -0.325 e. The van der Waals surface area contributed by atoms with Crippen molar-refractivity contribution in [2.75, 3.05) is 5.32 Å². The van der Waals surface area contributed by atoms with E-state index in [2.05, 4.69) is 24.4 Å². The van der Waals surface area contributed by atoms with Crippen LogP contribution < -0.4 is 11.1 Å². The maximum atomic E-state index is 12.1. The van der Waals surface area contributed by atoms with E-state index >= 15 is 0 Å². The molecule has 1 amide bonds. The van der Waals surface area contributed by atoms with Gasteiger partial charge in [-0.3, -0.25) is 4.79 Å². The summed E-state index contributed by atoms with van der Waals surface area (Å²) >= 11 is 0. The molecule has 0 aliphatic heterocycles. The molecular weight excluding hydrogens is 260 g/mol. The Hall–Kier alpha value is -2.13. The summed E-state index contributed by atoms with van der Waals surface area (Å²) in [5.74, 6) is 0.373. The molecule has 2 aromatic carbocycles. The number of benzene rings is 2. The molecule has 1 aliphatic rings. The van der Waals surface area contributed by atoms with Crippen molar-refractivity contribution in [2.24, 2.45) is 5.73 Å². The summed E-state index contributed by atoms with van der Waals surface area (Å²) in [4.78, 5) is 12.1. The Morgan fingerprint density at radius 3 is 2.43 bits per heavy atom. The van der Waals surface area contributed by atoms with Crippen LogP contribution in [0.25, 0.3) is 0 Å². The lowest BCUT2D eigenvalue weighted by Gasteiger charge is -2.09. The van der Waals surface area contributed by atoms with E-state index in [-0.39, 0.29) is 11.4 Å². The Labute approximate surface area is 125 Å². The van der Waals surface area contributed by atoms with Crippen molar-refractivity contribution in [3.05, 3.63) is 65.7 Å². The molecule has 3 N–H and O–H groups in total.